The van der Waals surface area contributed by atoms with Crippen molar-refractivity contribution in [2.75, 3.05) is 18.6 Å². The van der Waals surface area contributed by atoms with Crippen molar-refractivity contribution in [1.29, 1.82) is 0 Å². The second-order valence-electron chi connectivity index (χ2n) is 8.26. The standard InChI is InChI=1S/C28H21F2NO6/c1-3-36-18-10-7-15(8-11-18)24-23(25(32)22-13-16-5-4-6-21(35-2)27(16)37-22)26(33)28(34)31(24)17-9-12-19(29)20(30)14-17/h4-14,24,33H,3H2,1-2H3. The Morgan fingerprint density at radius 2 is 1.81 bits per heavy atom. The van der Waals surface area contributed by atoms with Crippen molar-refractivity contribution < 1.29 is 37.4 Å². The van der Waals surface area contributed by atoms with E-state index in [1.807, 2.05) is 6.92 Å². The number of aliphatic hydroxyl groups excluding tert-OH is 1. The summed E-state index contributed by atoms with van der Waals surface area (Å²) in [5.74, 6) is -3.95. The molecule has 7 nitrogen and oxygen atoms in total. The molecule has 2 heterocycles. The Kier molecular flexibility index (Phi) is 6.12. The fraction of sp³-hybridized carbons (Fsp3) is 0.143. The van der Waals surface area contributed by atoms with Crippen LogP contribution in [0.4, 0.5) is 14.5 Å². The van der Waals surface area contributed by atoms with Gasteiger partial charge in [0.25, 0.3) is 5.91 Å². The van der Waals surface area contributed by atoms with Gasteiger partial charge in [-0.1, -0.05) is 24.3 Å². The second kappa shape index (κ2) is 9.42. The lowest BCUT2D eigenvalue weighted by Crippen LogP contribution is -2.31. The molecule has 5 rings (SSSR count). The number of furan rings is 1. The highest BCUT2D eigenvalue weighted by atomic mass is 19.2. The van der Waals surface area contributed by atoms with Crippen LogP contribution in [0.1, 0.15) is 29.1 Å². The van der Waals surface area contributed by atoms with Crippen molar-refractivity contribution in [3.8, 4) is 11.5 Å². The van der Waals surface area contributed by atoms with Crippen molar-refractivity contribution in [1.82, 2.24) is 0 Å². The lowest BCUT2D eigenvalue weighted by Gasteiger charge is -2.27. The van der Waals surface area contributed by atoms with Gasteiger partial charge in [-0.2, -0.15) is 0 Å². The molecule has 1 amide bonds. The molecule has 1 aliphatic rings. The predicted molar refractivity (Wildman–Crippen MR) is 131 cm³/mol. The number of Topliss-reactive ketones (excluding diaryl/α,β-unsaturated/α-hetero) is 1. The first-order valence-corrected chi connectivity index (χ1v) is 11.4. The van der Waals surface area contributed by atoms with Gasteiger partial charge in [-0.25, -0.2) is 8.78 Å². The Labute approximate surface area is 210 Å². The van der Waals surface area contributed by atoms with Gasteiger partial charge in [0.05, 0.1) is 25.3 Å². The number of amides is 1. The van der Waals surface area contributed by atoms with Crippen molar-refractivity contribution in [2.24, 2.45) is 0 Å². The SMILES string of the molecule is CCOc1ccc(C2C(C(=O)c3cc4cccc(OC)c4o3)=C(O)C(=O)N2c2ccc(F)c(F)c2)cc1. The van der Waals surface area contributed by atoms with E-state index < -0.39 is 35.1 Å². The molecule has 0 radical (unpaired) electrons. The summed E-state index contributed by atoms with van der Waals surface area (Å²) in [7, 11) is 1.46. The van der Waals surface area contributed by atoms with Crippen LogP contribution in [0, 0.1) is 11.6 Å². The molecule has 0 fully saturated rings. The summed E-state index contributed by atoms with van der Waals surface area (Å²) in [6.45, 7) is 2.26. The molecule has 0 aliphatic carbocycles. The maximum Gasteiger partial charge on any atom is 0.294 e. The molecule has 188 valence electrons. The van der Waals surface area contributed by atoms with Crippen molar-refractivity contribution in [2.45, 2.75) is 13.0 Å². The number of para-hydroxylation sites is 1. The maximum atomic E-state index is 14.1. The van der Waals surface area contributed by atoms with Crippen LogP contribution < -0.4 is 14.4 Å². The highest BCUT2D eigenvalue weighted by Crippen LogP contribution is 2.43. The summed E-state index contributed by atoms with van der Waals surface area (Å²) in [6, 6.07) is 14.9. The molecular formula is C28H21F2NO6. The zero-order valence-electron chi connectivity index (χ0n) is 19.8. The molecule has 9 heteroatoms. The quantitative estimate of drug-likeness (QED) is 0.315. The van der Waals surface area contributed by atoms with E-state index in [0.717, 1.165) is 17.0 Å². The van der Waals surface area contributed by atoms with Crippen LogP contribution in [0.25, 0.3) is 11.0 Å². The average molecular weight is 505 g/mol. The summed E-state index contributed by atoms with van der Waals surface area (Å²) >= 11 is 0. The molecule has 3 aromatic carbocycles. The lowest BCUT2D eigenvalue weighted by atomic mass is 9.94. The van der Waals surface area contributed by atoms with Crippen molar-refractivity contribution >= 4 is 28.3 Å². The van der Waals surface area contributed by atoms with E-state index in [1.54, 1.807) is 42.5 Å². The number of hydrogen-bond donors (Lipinski definition) is 1. The average Bonchev–Trinajstić information content (AvgIpc) is 3.45. The van der Waals surface area contributed by atoms with Crippen LogP contribution in [0.2, 0.25) is 0 Å². The number of nitrogens with zero attached hydrogens (tertiary/aromatic N) is 1. The number of hydrogen-bond acceptors (Lipinski definition) is 6. The number of benzene rings is 3. The molecule has 4 aromatic rings. The fourth-order valence-corrected chi connectivity index (χ4v) is 4.41. The third-order valence-electron chi connectivity index (χ3n) is 6.09. The van der Waals surface area contributed by atoms with Gasteiger partial charge in [0.1, 0.15) is 5.75 Å². The van der Waals surface area contributed by atoms with Gasteiger partial charge in [0.15, 0.2) is 34.5 Å². The predicted octanol–water partition coefficient (Wildman–Crippen LogP) is 5.90. The van der Waals surface area contributed by atoms with E-state index in [2.05, 4.69) is 0 Å². The van der Waals surface area contributed by atoms with Gasteiger partial charge in [0, 0.05) is 17.1 Å². The lowest BCUT2D eigenvalue weighted by molar-refractivity contribution is -0.117. The first kappa shape index (κ1) is 24.1. The van der Waals surface area contributed by atoms with Gasteiger partial charge >= 0.3 is 0 Å². The van der Waals surface area contributed by atoms with Crippen LogP contribution in [0.15, 0.2) is 82.5 Å². The number of anilines is 1. The summed E-state index contributed by atoms with van der Waals surface area (Å²) in [6.07, 6.45) is 0. The Balaban J connectivity index is 1.65. The first-order chi connectivity index (χ1) is 17.8. The zero-order valence-corrected chi connectivity index (χ0v) is 19.8. The molecular weight excluding hydrogens is 484 g/mol. The number of aliphatic hydroxyl groups is 1. The summed E-state index contributed by atoms with van der Waals surface area (Å²) < 4.78 is 44.3. The van der Waals surface area contributed by atoms with Gasteiger partial charge in [-0.15, -0.1) is 0 Å². The maximum absolute atomic E-state index is 14.1. The smallest absolute Gasteiger partial charge is 0.294 e. The molecule has 1 aliphatic heterocycles. The van der Waals surface area contributed by atoms with Crippen LogP contribution in [-0.2, 0) is 4.79 Å². The second-order valence-corrected chi connectivity index (χ2v) is 8.26. The third kappa shape index (κ3) is 4.08. The summed E-state index contributed by atoms with van der Waals surface area (Å²) in [4.78, 5) is 28.0. The van der Waals surface area contributed by atoms with Crippen LogP contribution in [-0.4, -0.2) is 30.5 Å². The first-order valence-electron chi connectivity index (χ1n) is 11.4. The summed E-state index contributed by atoms with van der Waals surface area (Å²) in [5.41, 5.74) is 0.454. The number of halogens is 2. The third-order valence-corrected chi connectivity index (χ3v) is 6.09. The number of carbonyl (C=O) groups excluding carboxylic acids is 2. The van der Waals surface area contributed by atoms with E-state index in [4.69, 9.17) is 13.9 Å². The molecule has 0 bridgehead atoms. The van der Waals surface area contributed by atoms with Gasteiger partial charge in [0.2, 0.25) is 5.78 Å². The Bertz CT molecular complexity index is 1560. The topological polar surface area (TPSA) is 89.2 Å². The molecule has 1 unspecified atom stereocenters. The molecule has 0 saturated heterocycles. The number of rotatable bonds is 7. The number of ether oxygens (including phenoxy) is 2. The fourth-order valence-electron chi connectivity index (χ4n) is 4.41. The molecule has 0 saturated carbocycles. The molecule has 1 aromatic heterocycles. The highest BCUT2D eigenvalue weighted by molar-refractivity contribution is 6.20. The van der Waals surface area contributed by atoms with E-state index in [-0.39, 0.29) is 17.0 Å². The Hall–Kier alpha value is -4.66. The monoisotopic (exact) mass is 505 g/mol. The Morgan fingerprint density at radius 1 is 1.05 bits per heavy atom. The minimum atomic E-state index is -1.18. The molecule has 1 atom stereocenters. The number of ketones is 1. The number of carbonyl (C=O) groups is 2. The zero-order chi connectivity index (χ0) is 26.3. The molecule has 0 spiro atoms. The van der Waals surface area contributed by atoms with Gasteiger partial charge < -0.3 is 19.0 Å². The molecule has 1 N–H and O–H groups in total. The normalized spacial score (nSPS) is 15.5. The van der Waals surface area contributed by atoms with Crippen molar-refractivity contribution in [3.05, 3.63) is 101 Å². The van der Waals surface area contributed by atoms with Crippen molar-refractivity contribution in [3.63, 3.8) is 0 Å². The minimum absolute atomic E-state index is 0.0385. The summed E-state index contributed by atoms with van der Waals surface area (Å²) in [5, 5.41) is 11.5. The van der Waals surface area contributed by atoms with Gasteiger partial charge in [-0.05, 0) is 48.9 Å². The number of methoxy groups -OCH3 is 1. The molecule has 37 heavy (non-hydrogen) atoms. The highest BCUT2D eigenvalue weighted by Gasteiger charge is 2.45. The van der Waals surface area contributed by atoms with Gasteiger partial charge in [-0.3, -0.25) is 14.5 Å². The van der Waals surface area contributed by atoms with Crippen LogP contribution in [0.3, 0.4) is 0 Å². The number of fused-ring (bicyclic) bond motifs is 1. The Morgan fingerprint density at radius 3 is 2.49 bits per heavy atom. The van der Waals surface area contributed by atoms with E-state index in [0.29, 0.717) is 34.6 Å². The van der Waals surface area contributed by atoms with Crippen LogP contribution in [0.5, 0.6) is 11.5 Å². The van der Waals surface area contributed by atoms with E-state index >= 15 is 0 Å². The van der Waals surface area contributed by atoms with E-state index in [9.17, 15) is 23.5 Å². The van der Waals surface area contributed by atoms with Crippen LogP contribution >= 0.6 is 0 Å². The largest absolute Gasteiger partial charge is 0.503 e. The van der Waals surface area contributed by atoms with E-state index in [1.165, 1.54) is 19.2 Å². The minimum Gasteiger partial charge on any atom is -0.503 e.